The van der Waals surface area contributed by atoms with Crippen molar-refractivity contribution < 1.29 is 0 Å². The lowest BCUT2D eigenvalue weighted by Gasteiger charge is -2.06. The van der Waals surface area contributed by atoms with Crippen molar-refractivity contribution in [3.05, 3.63) is 40.9 Å². The van der Waals surface area contributed by atoms with Crippen LogP contribution < -0.4 is 5.73 Å². The van der Waals surface area contributed by atoms with Crippen molar-refractivity contribution in [1.82, 2.24) is 4.98 Å². The largest absolute Gasteiger partial charge is 0.325 e. The highest BCUT2D eigenvalue weighted by molar-refractivity contribution is 7.99. The Hall–Kier alpha value is -0.840. The second-order valence-corrected chi connectivity index (χ2v) is 6.83. The molecular formula is C14H18N2S2. The zero-order chi connectivity index (χ0) is 13.0. The summed E-state index contributed by atoms with van der Waals surface area (Å²) >= 11 is 3.62. The molecule has 0 unspecified atom stereocenters. The van der Waals surface area contributed by atoms with E-state index in [0.29, 0.717) is 11.8 Å². The summed E-state index contributed by atoms with van der Waals surface area (Å²) in [6.07, 6.45) is 0. The number of hydrogen-bond donors (Lipinski definition) is 1. The van der Waals surface area contributed by atoms with Crippen molar-refractivity contribution in [2.24, 2.45) is 5.73 Å². The quantitative estimate of drug-likeness (QED) is 0.901. The Bertz CT molecular complexity index is 506. The van der Waals surface area contributed by atoms with Gasteiger partial charge in [-0.1, -0.05) is 32.0 Å². The Morgan fingerprint density at radius 1 is 1.39 bits per heavy atom. The van der Waals surface area contributed by atoms with Gasteiger partial charge in [-0.05, 0) is 16.9 Å². The minimum Gasteiger partial charge on any atom is -0.325 e. The third kappa shape index (κ3) is 3.57. The number of nitrogens with two attached hydrogens (primary N) is 1. The average Bonchev–Trinajstić information content (AvgIpc) is 2.85. The van der Waals surface area contributed by atoms with Gasteiger partial charge in [-0.25, -0.2) is 4.98 Å². The van der Waals surface area contributed by atoms with Crippen LogP contribution in [-0.2, 0) is 12.3 Å². The van der Waals surface area contributed by atoms with Crippen LogP contribution in [0.4, 0.5) is 0 Å². The molecule has 18 heavy (non-hydrogen) atoms. The topological polar surface area (TPSA) is 38.9 Å². The van der Waals surface area contributed by atoms with Crippen LogP contribution in [0, 0.1) is 0 Å². The summed E-state index contributed by atoms with van der Waals surface area (Å²) in [5.41, 5.74) is 9.12. The molecule has 0 aliphatic carbocycles. The van der Waals surface area contributed by atoms with Gasteiger partial charge in [0.15, 0.2) is 0 Å². The maximum atomic E-state index is 5.59. The second-order valence-electron chi connectivity index (χ2n) is 4.41. The van der Waals surface area contributed by atoms with Crippen LogP contribution >= 0.6 is 23.1 Å². The van der Waals surface area contributed by atoms with Gasteiger partial charge < -0.3 is 5.73 Å². The molecule has 0 saturated heterocycles. The fraction of sp³-hybridized carbons (Fsp3) is 0.357. The first-order chi connectivity index (χ1) is 8.69. The van der Waals surface area contributed by atoms with E-state index in [9.17, 15) is 0 Å². The molecule has 2 N–H and O–H groups in total. The molecule has 2 rings (SSSR count). The van der Waals surface area contributed by atoms with Gasteiger partial charge in [0.1, 0.15) is 5.01 Å². The van der Waals surface area contributed by atoms with Crippen molar-refractivity contribution in [3.63, 3.8) is 0 Å². The number of aromatic nitrogens is 1. The van der Waals surface area contributed by atoms with Gasteiger partial charge in [0.25, 0.3) is 0 Å². The van der Waals surface area contributed by atoms with Crippen molar-refractivity contribution in [1.29, 1.82) is 0 Å². The minimum atomic E-state index is 0.513. The van der Waals surface area contributed by atoms with Gasteiger partial charge in [-0.15, -0.1) is 11.3 Å². The Morgan fingerprint density at radius 2 is 2.22 bits per heavy atom. The lowest BCUT2D eigenvalue weighted by Crippen LogP contribution is -1.95. The molecule has 1 aromatic heterocycles. The predicted molar refractivity (Wildman–Crippen MR) is 81.9 cm³/mol. The van der Waals surface area contributed by atoms with E-state index in [1.807, 2.05) is 17.1 Å². The fourth-order valence-electron chi connectivity index (χ4n) is 1.59. The highest BCUT2D eigenvalue weighted by atomic mass is 32.2. The number of thiazole rings is 1. The summed E-state index contributed by atoms with van der Waals surface area (Å²) in [6, 6.07) is 8.63. The smallest absolute Gasteiger partial charge is 0.123 e. The zero-order valence-corrected chi connectivity index (χ0v) is 12.4. The second kappa shape index (κ2) is 6.36. The molecular weight excluding hydrogens is 260 g/mol. The number of hydrogen-bond acceptors (Lipinski definition) is 4. The van der Waals surface area contributed by atoms with Gasteiger partial charge >= 0.3 is 0 Å². The first-order valence-corrected chi connectivity index (χ1v) is 7.97. The van der Waals surface area contributed by atoms with Crippen LogP contribution in [0.3, 0.4) is 0 Å². The summed E-state index contributed by atoms with van der Waals surface area (Å²) in [6.45, 7) is 4.96. The molecule has 0 bridgehead atoms. The maximum Gasteiger partial charge on any atom is 0.123 e. The Kier molecular flexibility index (Phi) is 4.80. The molecule has 0 fully saturated rings. The van der Waals surface area contributed by atoms with Gasteiger partial charge in [0.05, 0.1) is 5.69 Å². The number of rotatable bonds is 5. The van der Waals surface area contributed by atoms with Crippen LogP contribution in [0.2, 0.25) is 0 Å². The van der Waals surface area contributed by atoms with Gasteiger partial charge in [0, 0.05) is 23.2 Å². The summed E-state index contributed by atoms with van der Waals surface area (Å²) in [4.78, 5) is 4.52. The van der Waals surface area contributed by atoms with Crippen LogP contribution in [0.25, 0.3) is 10.6 Å². The van der Waals surface area contributed by atoms with E-state index < -0.39 is 0 Å². The van der Waals surface area contributed by atoms with Crippen LogP contribution in [0.15, 0.2) is 29.6 Å². The van der Waals surface area contributed by atoms with E-state index >= 15 is 0 Å². The molecule has 0 radical (unpaired) electrons. The predicted octanol–water partition coefficient (Wildman–Crippen LogP) is 3.91. The van der Waals surface area contributed by atoms with E-state index in [-0.39, 0.29) is 0 Å². The fourth-order valence-corrected chi connectivity index (χ4v) is 3.13. The van der Waals surface area contributed by atoms with Gasteiger partial charge in [-0.2, -0.15) is 11.8 Å². The minimum absolute atomic E-state index is 0.513. The molecule has 2 nitrogen and oxygen atoms in total. The summed E-state index contributed by atoms with van der Waals surface area (Å²) in [7, 11) is 0. The van der Waals surface area contributed by atoms with Crippen molar-refractivity contribution in [2.75, 3.05) is 0 Å². The maximum absolute atomic E-state index is 5.59. The van der Waals surface area contributed by atoms with E-state index in [0.717, 1.165) is 16.5 Å². The Morgan fingerprint density at radius 3 is 2.89 bits per heavy atom. The molecule has 0 saturated carbocycles. The first kappa shape index (κ1) is 13.6. The monoisotopic (exact) mass is 278 g/mol. The molecule has 1 heterocycles. The van der Waals surface area contributed by atoms with E-state index in [4.69, 9.17) is 5.73 Å². The lowest BCUT2D eigenvalue weighted by atomic mass is 10.1. The summed E-state index contributed by atoms with van der Waals surface area (Å²) in [5, 5.41) is 3.76. The third-order valence-electron chi connectivity index (χ3n) is 2.52. The van der Waals surface area contributed by atoms with Gasteiger partial charge in [-0.3, -0.25) is 0 Å². The Labute approximate surface area is 117 Å². The number of benzene rings is 1. The van der Waals surface area contributed by atoms with E-state index in [1.165, 1.54) is 11.1 Å². The number of thioether (sulfide) groups is 1. The summed E-state index contributed by atoms with van der Waals surface area (Å²) < 4.78 is 0. The molecule has 4 heteroatoms. The third-order valence-corrected chi connectivity index (χ3v) is 4.62. The molecule has 0 aliphatic rings. The van der Waals surface area contributed by atoms with Crippen molar-refractivity contribution in [3.8, 4) is 10.6 Å². The molecule has 0 spiro atoms. The van der Waals surface area contributed by atoms with E-state index in [1.54, 1.807) is 11.3 Å². The summed E-state index contributed by atoms with van der Waals surface area (Å²) in [5.74, 6) is 1.06. The number of nitrogens with zero attached hydrogens (tertiary/aromatic N) is 1. The average molecular weight is 278 g/mol. The van der Waals surface area contributed by atoms with Crippen LogP contribution in [0.1, 0.15) is 25.1 Å². The van der Waals surface area contributed by atoms with Crippen molar-refractivity contribution in [2.45, 2.75) is 31.4 Å². The van der Waals surface area contributed by atoms with E-state index in [2.05, 4.69) is 43.1 Å². The molecule has 2 aromatic rings. The Balaban J connectivity index is 2.16. The highest BCUT2D eigenvalue weighted by Gasteiger charge is 2.05. The lowest BCUT2D eigenvalue weighted by molar-refractivity contribution is 1.01. The molecule has 96 valence electrons. The SMILES string of the molecule is CC(C)SCc1cccc(-c2nc(CN)cs2)c1. The van der Waals surface area contributed by atoms with Crippen molar-refractivity contribution >= 4 is 23.1 Å². The zero-order valence-electron chi connectivity index (χ0n) is 10.7. The molecule has 0 amide bonds. The molecule has 0 aliphatic heterocycles. The van der Waals surface area contributed by atoms with Crippen LogP contribution in [0.5, 0.6) is 0 Å². The molecule has 1 aromatic carbocycles. The molecule has 0 atom stereocenters. The van der Waals surface area contributed by atoms with Crippen LogP contribution in [-0.4, -0.2) is 10.2 Å². The highest BCUT2D eigenvalue weighted by Crippen LogP contribution is 2.26. The first-order valence-electron chi connectivity index (χ1n) is 6.04. The standard InChI is InChI=1S/C14H18N2S2/c1-10(2)17-8-11-4-3-5-12(6-11)14-16-13(7-15)9-18-14/h3-6,9-10H,7-8,15H2,1-2H3. The van der Waals surface area contributed by atoms with Gasteiger partial charge in [0.2, 0.25) is 0 Å². The normalized spacial score (nSPS) is 11.1.